The number of unbranched alkanes of at least 4 members (excludes halogenated alkanes) is 8. The van der Waals surface area contributed by atoms with E-state index in [9.17, 15) is 0 Å². The lowest BCUT2D eigenvalue weighted by molar-refractivity contribution is 0.682. The minimum atomic E-state index is -0.104. The molecule has 0 atom stereocenters. The fourth-order valence-electron chi connectivity index (χ4n) is 7.63. The molecule has 0 bridgehead atoms. The van der Waals surface area contributed by atoms with Crippen molar-refractivity contribution >= 4 is 26.5 Å². The highest BCUT2D eigenvalue weighted by molar-refractivity contribution is 7.66. The van der Waals surface area contributed by atoms with Crippen LogP contribution in [0.15, 0.2) is 24.3 Å². The summed E-state index contributed by atoms with van der Waals surface area (Å²) in [6.45, 7) is 9.52. The third kappa shape index (κ3) is 9.17. The molecule has 0 fully saturated rings. The Bertz CT molecular complexity index is 964. The molecular formula is C40H64P2. The van der Waals surface area contributed by atoms with Crippen molar-refractivity contribution in [2.45, 2.75) is 156 Å². The lowest BCUT2D eigenvalue weighted by Gasteiger charge is -2.33. The molecule has 0 unspecified atom stereocenters. The Morgan fingerprint density at radius 2 is 0.762 bits per heavy atom. The summed E-state index contributed by atoms with van der Waals surface area (Å²) in [7, 11) is -0.207. The van der Waals surface area contributed by atoms with Crippen molar-refractivity contribution in [3.63, 3.8) is 0 Å². The summed E-state index contributed by atoms with van der Waals surface area (Å²) in [5, 5.41) is 3.66. The van der Waals surface area contributed by atoms with Crippen LogP contribution in [0.3, 0.4) is 0 Å². The van der Waals surface area contributed by atoms with Crippen molar-refractivity contribution in [3.05, 3.63) is 46.5 Å². The zero-order valence-electron chi connectivity index (χ0n) is 28.2. The zero-order chi connectivity index (χ0) is 29.6. The lowest BCUT2D eigenvalue weighted by Crippen LogP contribution is -2.23. The summed E-state index contributed by atoms with van der Waals surface area (Å²) in [6.07, 6.45) is 33.2. The van der Waals surface area contributed by atoms with E-state index in [-0.39, 0.29) is 15.8 Å². The first-order valence-corrected chi connectivity index (χ1v) is 22.0. The second kappa shape index (κ2) is 19.0. The van der Waals surface area contributed by atoms with Gasteiger partial charge in [0.2, 0.25) is 0 Å². The second-order valence-corrected chi connectivity index (χ2v) is 18.3. The van der Waals surface area contributed by atoms with Crippen LogP contribution in [0.2, 0.25) is 0 Å². The molecule has 0 saturated heterocycles. The molecule has 0 saturated carbocycles. The molecular weight excluding hydrogens is 542 g/mol. The van der Waals surface area contributed by atoms with Crippen molar-refractivity contribution < 1.29 is 0 Å². The van der Waals surface area contributed by atoms with Crippen LogP contribution in [0.25, 0.3) is 11.1 Å². The van der Waals surface area contributed by atoms with Crippen molar-refractivity contribution in [1.82, 2.24) is 0 Å². The van der Waals surface area contributed by atoms with Gasteiger partial charge in [-0.1, -0.05) is 119 Å². The minimum absolute atomic E-state index is 0.104. The molecule has 0 aliphatic heterocycles. The van der Waals surface area contributed by atoms with Gasteiger partial charge in [0.15, 0.2) is 0 Å². The first-order valence-electron chi connectivity index (χ1n) is 18.5. The average Bonchev–Trinajstić information content (AvgIpc) is 3.03. The van der Waals surface area contributed by atoms with Gasteiger partial charge in [0.05, 0.1) is 0 Å². The Balaban J connectivity index is 1.91. The first kappa shape index (κ1) is 34.2. The smallest absolute Gasteiger partial charge is 0.00628 e. The Morgan fingerprint density at radius 1 is 0.429 bits per heavy atom. The summed E-state index contributed by atoms with van der Waals surface area (Å²) in [6, 6.07) is 10.6. The Morgan fingerprint density at radius 3 is 1.10 bits per heavy atom. The summed E-state index contributed by atoms with van der Waals surface area (Å²) in [4.78, 5) is 0. The van der Waals surface area contributed by atoms with Crippen molar-refractivity contribution in [2.75, 3.05) is 24.6 Å². The predicted molar refractivity (Wildman–Crippen MR) is 196 cm³/mol. The van der Waals surface area contributed by atoms with Crippen LogP contribution in [0.4, 0.5) is 0 Å². The van der Waals surface area contributed by atoms with Gasteiger partial charge in [0, 0.05) is 0 Å². The average molecular weight is 607 g/mol. The van der Waals surface area contributed by atoms with E-state index in [4.69, 9.17) is 0 Å². The Kier molecular flexibility index (Phi) is 15.4. The third-order valence-corrected chi connectivity index (χ3v) is 15.6. The standard InChI is InChI=1S/C40H64P2/c1-5-9-17-29-41(30-18-10-6-2)37-27-25-33-21-13-15-23-35(33)39(37)40-36-24-16-14-22-34(36)26-28-38(40)42(31-19-11-7-3)32-20-12-8-4/h25-28H,5-24,29-32H2,1-4H3. The molecule has 42 heavy (non-hydrogen) atoms. The van der Waals surface area contributed by atoms with Crippen LogP contribution in [0, 0.1) is 0 Å². The molecule has 0 spiro atoms. The van der Waals surface area contributed by atoms with Crippen LogP contribution in [-0.4, -0.2) is 24.6 Å². The highest BCUT2D eigenvalue weighted by Gasteiger charge is 2.29. The van der Waals surface area contributed by atoms with Crippen LogP contribution < -0.4 is 10.6 Å². The molecule has 2 heteroatoms. The minimum Gasteiger partial charge on any atom is -0.0746 e. The van der Waals surface area contributed by atoms with Gasteiger partial charge in [-0.2, -0.15) is 0 Å². The summed E-state index contributed by atoms with van der Waals surface area (Å²) in [5.41, 5.74) is 10.6. The van der Waals surface area contributed by atoms with E-state index >= 15 is 0 Å². The number of benzene rings is 2. The van der Waals surface area contributed by atoms with Gasteiger partial charge in [0.1, 0.15) is 0 Å². The fourth-order valence-corrected chi connectivity index (χ4v) is 13.2. The van der Waals surface area contributed by atoms with Gasteiger partial charge in [-0.05, 0) is 146 Å². The van der Waals surface area contributed by atoms with Crippen molar-refractivity contribution in [1.29, 1.82) is 0 Å². The van der Waals surface area contributed by atoms with E-state index in [0.29, 0.717) is 0 Å². The first-order chi connectivity index (χ1) is 20.7. The van der Waals surface area contributed by atoms with Gasteiger partial charge in [-0.25, -0.2) is 0 Å². The molecule has 2 aromatic rings. The van der Waals surface area contributed by atoms with Gasteiger partial charge in [-0.3, -0.25) is 0 Å². The molecule has 0 amide bonds. The van der Waals surface area contributed by atoms with Crippen molar-refractivity contribution in [2.24, 2.45) is 0 Å². The topological polar surface area (TPSA) is 0 Å². The monoisotopic (exact) mass is 606 g/mol. The van der Waals surface area contributed by atoms with Crippen LogP contribution >= 0.6 is 15.8 Å². The highest BCUT2D eigenvalue weighted by Crippen LogP contribution is 2.48. The molecule has 234 valence electrons. The zero-order valence-corrected chi connectivity index (χ0v) is 30.0. The van der Waals surface area contributed by atoms with E-state index in [0.717, 1.165) is 0 Å². The number of fused-ring (bicyclic) bond motifs is 2. The maximum atomic E-state index is 2.70. The third-order valence-electron chi connectivity index (χ3n) is 10.1. The Hall–Kier alpha value is -0.700. The van der Waals surface area contributed by atoms with Crippen LogP contribution in [0.1, 0.15) is 153 Å². The largest absolute Gasteiger partial charge is 0.0746 e. The van der Waals surface area contributed by atoms with E-state index < -0.39 is 0 Å². The number of hydrogen-bond donors (Lipinski definition) is 0. The van der Waals surface area contributed by atoms with E-state index in [1.165, 1.54) is 153 Å². The van der Waals surface area contributed by atoms with E-state index in [2.05, 4.69) is 52.0 Å². The highest BCUT2D eigenvalue weighted by atomic mass is 31.1. The molecule has 0 nitrogen and oxygen atoms in total. The second-order valence-electron chi connectivity index (χ2n) is 13.4. The summed E-state index contributed by atoms with van der Waals surface area (Å²) < 4.78 is 0. The molecule has 2 aliphatic rings. The number of hydrogen-bond acceptors (Lipinski definition) is 0. The Labute approximate surface area is 264 Å². The quantitative estimate of drug-likeness (QED) is 0.110. The van der Waals surface area contributed by atoms with E-state index in [1.54, 1.807) is 22.3 Å². The maximum Gasteiger partial charge on any atom is -0.00628 e. The normalized spacial score (nSPS) is 14.9. The fraction of sp³-hybridized carbons (Fsp3) is 0.700. The van der Waals surface area contributed by atoms with Crippen LogP contribution in [0.5, 0.6) is 0 Å². The number of rotatable bonds is 19. The van der Waals surface area contributed by atoms with Gasteiger partial charge >= 0.3 is 0 Å². The molecule has 0 N–H and O–H groups in total. The van der Waals surface area contributed by atoms with Crippen molar-refractivity contribution in [3.8, 4) is 11.1 Å². The van der Waals surface area contributed by atoms with Gasteiger partial charge < -0.3 is 0 Å². The van der Waals surface area contributed by atoms with Gasteiger partial charge in [-0.15, -0.1) is 0 Å². The molecule has 0 aromatic heterocycles. The summed E-state index contributed by atoms with van der Waals surface area (Å²) in [5.74, 6) is 0. The molecule has 0 heterocycles. The molecule has 0 radical (unpaired) electrons. The summed E-state index contributed by atoms with van der Waals surface area (Å²) >= 11 is 0. The molecule has 4 rings (SSSR count). The molecule has 2 aromatic carbocycles. The van der Waals surface area contributed by atoms with Crippen LogP contribution in [-0.2, 0) is 25.7 Å². The lowest BCUT2D eigenvalue weighted by atomic mass is 9.81. The SMILES string of the molecule is CCCCCP(CCCCC)c1ccc2c(c1-c1c(P(CCCCC)CCCCC)ccc3c1CCCC3)CCCC2. The number of aryl methyl sites for hydroxylation is 2. The molecule has 2 aliphatic carbocycles. The maximum absolute atomic E-state index is 2.70. The van der Waals surface area contributed by atoms with E-state index in [1.807, 2.05) is 21.7 Å². The predicted octanol–water partition coefficient (Wildman–Crippen LogP) is 12.1. The van der Waals surface area contributed by atoms with Gasteiger partial charge in [0.25, 0.3) is 0 Å².